The number of H-pyrrole nitrogens is 1. The van der Waals surface area contributed by atoms with Crippen molar-refractivity contribution >= 4 is 11.8 Å². The van der Waals surface area contributed by atoms with Crippen molar-refractivity contribution in [1.82, 2.24) is 34.8 Å². The van der Waals surface area contributed by atoms with E-state index in [1.54, 1.807) is 29.0 Å². The van der Waals surface area contributed by atoms with Crippen LogP contribution >= 0.6 is 0 Å². The number of aromatic nitrogens is 5. The molecule has 1 atom stereocenters. The Morgan fingerprint density at radius 1 is 1.17 bits per heavy atom. The van der Waals surface area contributed by atoms with Gasteiger partial charge in [-0.1, -0.05) is 0 Å². The van der Waals surface area contributed by atoms with Crippen LogP contribution in [0.4, 0.5) is 0 Å². The predicted molar refractivity (Wildman–Crippen MR) is 103 cm³/mol. The summed E-state index contributed by atoms with van der Waals surface area (Å²) in [5.41, 5.74) is 0.522. The van der Waals surface area contributed by atoms with Gasteiger partial charge in [-0.15, -0.1) is 0 Å². The highest BCUT2D eigenvalue weighted by Gasteiger charge is 2.35. The minimum absolute atomic E-state index is 0.00790. The molecule has 2 aromatic rings. The van der Waals surface area contributed by atoms with E-state index in [0.717, 1.165) is 12.8 Å². The highest BCUT2D eigenvalue weighted by Crippen LogP contribution is 2.28. The second kappa shape index (κ2) is 8.32. The number of rotatable bonds is 3. The number of hydrogen-bond acceptors (Lipinski definition) is 6. The molecule has 10 nitrogen and oxygen atoms in total. The van der Waals surface area contributed by atoms with E-state index in [0.29, 0.717) is 56.5 Å². The van der Waals surface area contributed by atoms with Gasteiger partial charge in [-0.3, -0.25) is 19.4 Å². The highest BCUT2D eigenvalue weighted by molar-refractivity contribution is 5.94. The molecule has 4 rings (SSSR count). The van der Waals surface area contributed by atoms with Gasteiger partial charge < -0.3 is 14.5 Å². The second-order valence-corrected chi connectivity index (χ2v) is 7.70. The fourth-order valence-electron chi connectivity index (χ4n) is 4.07. The lowest BCUT2D eigenvalue weighted by Crippen LogP contribution is -2.41. The Labute approximate surface area is 169 Å². The zero-order chi connectivity index (χ0) is 20.4. The lowest BCUT2D eigenvalue weighted by atomic mass is 9.98. The quantitative estimate of drug-likeness (QED) is 0.810. The summed E-state index contributed by atoms with van der Waals surface area (Å²) in [6, 6.07) is -0.292. The maximum absolute atomic E-state index is 13.2. The largest absolute Gasteiger partial charge is 0.381 e. The Morgan fingerprint density at radius 2 is 1.97 bits per heavy atom. The number of hydrogen-bond donors (Lipinski definition) is 1. The summed E-state index contributed by atoms with van der Waals surface area (Å²) >= 11 is 0. The summed E-state index contributed by atoms with van der Waals surface area (Å²) in [7, 11) is 1.78. The van der Waals surface area contributed by atoms with Crippen LogP contribution in [0.3, 0.4) is 0 Å². The Balaban J connectivity index is 1.56. The molecule has 2 aliphatic rings. The normalized spacial score (nSPS) is 21.2. The number of nitrogens with zero attached hydrogens (tertiary/aromatic N) is 6. The van der Waals surface area contributed by atoms with Gasteiger partial charge in [-0.05, 0) is 26.2 Å². The maximum atomic E-state index is 13.2. The maximum Gasteiger partial charge on any atom is 0.257 e. The number of carbonyl (C=O) groups excluding carboxylic acids is 2. The van der Waals surface area contributed by atoms with Crippen molar-refractivity contribution < 1.29 is 14.3 Å². The SMILES string of the molecule is Cc1nc(C2CCN(C(=O)C3CCOCC3)CCN2C(=O)c2cnn(C)c2)n[nH]1. The van der Waals surface area contributed by atoms with Crippen LogP contribution in [0.5, 0.6) is 0 Å². The zero-order valence-corrected chi connectivity index (χ0v) is 16.9. The molecule has 29 heavy (non-hydrogen) atoms. The highest BCUT2D eigenvalue weighted by atomic mass is 16.5. The van der Waals surface area contributed by atoms with Crippen molar-refractivity contribution in [1.29, 1.82) is 0 Å². The first kappa shape index (κ1) is 19.6. The van der Waals surface area contributed by atoms with E-state index >= 15 is 0 Å². The molecule has 2 fully saturated rings. The third kappa shape index (κ3) is 4.16. The number of carbonyl (C=O) groups is 2. The van der Waals surface area contributed by atoms with Crippen LogP contribution in [0.2, 0.25) is 0 Å². The third-order valence-corrected chi connectivity index (χ3v) is 5.67. The first-order valence-electron chi connectivity index (χ1n) is 10.1. The smallest absolute Gasteiger partial charge is 0.257 e. The molecule has 0 aromatic carbocycles. The van der Waals surface area contributed by atoms with Crippen molar-refractivity contribution in [2.75, 3.05) is 32.8 Å². The fraction of sp³-hybridized carbons (Fsp3) is 0.632. The second-order valence-electron chi connectivity index (χ2n) is 7.70. The minimum atomic E-state index is -0.292. The molecule has 2 aromatic heterocycles. The standard InChI is InChI=1S/C19H27N7O3/c1-13-21-17(23-22-13)16-3-6-25(18(27)14-4-9-29-10-5-14)7-8-26(16)19(28)15-11-20-24(2)12-15/h11-12,14,16H,3-10H2,1-2H3,(H,21,22,23). The molecule has 0 bridgehead atoms. The Bertz CT molecular complexity index is 871. The van der Waals surface area contributed by atoms with E-state index in [9.17, 15) is 9.59 Å². The van der Waals surface area contributed by atoms with Crippen molar-refractivity contribution in [2.45, 2.75) is 32.2 Å². The molecule has 2 amide bonds. The number of ether oxygens (including phenoxy) is 1. The molecule has 0 radical (unpaired) electrons. The lowest BCUT2D eigenvalue weighted by molar-refractivity contribution is -0.138. The average molecular weight is 401 g/mol. The number of aryl methyl sites for hydroxylation is 2. The molecule has 1 N–H and O–H groups in total. The Morgan fingerprint density at radius 3 is 2.62 bits per heavy atom. The number of amides is 2. The van der Waals surface area contributed by atoms with Crippen LogP contribution in [-0.4, -0.2) is 79.4 Å². The van der Waals surface area contributed by atoms with E-state index in [2.05, 4.69) is 20.3 Å². The van der Waals surface area contributed by atoms with Gasteiger partial charge in [0.25, 0.3) is 5.91 Å². The van der Waals surface area contributed by atoms with Crippen LogP contribution in [-0.2, 0) is 16.6 Å². The number of nitrogens with one attached hydrogen (secondary N) is 1. The van der Waals surface area contributed by atoms with Gasteiger partial charge in [0.05, 0.1) is 17.8 Å². The van der Waals surface area contributed by atoms with Crippen LogP contribution < -0.4 is 0 Å². The molecule has 2 aliphatic heterocycles. The van der Waals surface area contributed by atoms with Crippen molar-refractivity contribution in [2.24, 2.45) is 13.0 Å². The van der Waals surface area contributed by atoms with Gasteiger partial charge in [-0.2, -0.15) is 10.2 Å². The molecular formula is C19H27N7O3. The van der Waals surface area contributed by atoms with E-state index < -0.39 is 0 Å². The first-order chi connectivity index (χ1) is 14.0. The van der Waals surface area contributed by atoms with Gasteiger partial charge in [0.15, 0.2) is 5.82 Å². The lowest BCUT2D eigenvalue weighted by Gasteiger charge is -2.28. The van der Waals surface area contributed by atoms with E-state index in [1.807, 2.05) is 11.8 Å². The number of aromatic amines is 1. The molecule has 4 heterocycles. The molecule has 156 valence electrons. The summed E-state index contributed by atoms with van der Waals surface area (Å²) in [4.78, 5) is 34.4. The molecule has 0 spiro atoms. The monoisotopic (exact) mass is 401 g/mol. The summed E-state index contributed by atoms with van der Waals surface area (Å²) in [6.07, 6.45) is 5.39. The summed E-state index contributed by atoms with van der Waals surface area (Å²) < 4.78 is 7.00. The van der Waals surface area contributed by atoms with Crippen LogP contribution in [0, 0.1) is 12.8 Å². The minimum Gasteiger partial charge on any atom is -0.381 e. The average Bonchev–Trinajstić information content (AvgIpc) is 3.29. The predicted octanol–water partition coefficient (Wildman–Crippen LogP) is 0.689. The van der Waals surface area contributed by atoms with Crippen molar-refractivity contribution in [3.05, 3.63) is 29.6 Å². The topological polar surface area (TPSA) is 109 Å². The third-order valence-electron chi connectivity index (χ3n) is 5.67. The molecule has 2 saturated heterocycles. The summed E-state index contributed by atoms with van der Waals surface area (Å²) in [5.74, 6) is 1.33. The first-order valence-corrected chi connectivity index (χ1v) is 10.1. The van der Waals surface area contributed by atoms with Crippen molar-refractivity contribution in [3.63, 3.8) is 0 Å². The molecule has 1 unspecified atom stereocenters. The van der Waals surface area contributed by atoms with E-state index in [4.69, 9.17) is 4.74 Å². The molecule has 10 heteroatoms. The van der Waals surface area contributed by atoms with E-state index in [1.165, 1.54) is 0 Å². The molecule has 0 saturated carbocycles. The Kier molecular flexibility index (Phi) is 5.61. The van der Waals surface area contributed by atoms with Gasteiger partial charge in [0.1, 0.15) is 5.82 Å². The van der Waals surface area contributed by atoms with Gasteiger partial charge in [0.2, 0.25) is 5.91 Å². The van der Waals surface area contributed by atoms with Crippen LogP contribution in [0.15, 0.2) is 12.4 Å². The molecule has 0 aliphatic carbocycles. The van der Waals surface area contributed by atoms with Crippen LogP contribution in [0.1, 0.15) is 47.3 Å². The molecular weight excluding hydrogens is 374 g/mol. The van der Waals surface area contributed by atoms with Gasteiger partial charge in [-0.25, -0.2) is 4.98 Å². The van der Waals surface area contributed by atoms with Gasteiger partial charge >= 0.3 is 0 Å². The van der Waals surface area contributed by atoms with Crippen LogP contribution in [0.25, 0.3) is 0 Å². The zero-order valence-electron chi connectivity index (χ0n) is 16.9. The summed E-state index contributed by atoms with van der Waals surface area (Å²) in [5, 5.41) is 11.3. The Hall–Kier alpha value is -2.75. The fourth-order valence-corrected chi connectivity index (χ4v) is 4.07. The van der Waals surface area contributed by atoms with Crippen molar-refractivity contribution in [3.8, 4) is 0 Å². The van der Waals surface area contributed by atoms with Gasteiger partial charge in [0, 0.05) is 52.0 Å². The van der Waals surface area contributed by atoms with E-state index in [-0.39, 0.29) is 23.8 Å². The summed E-state index contributed by atoms with van der Waals surface area (Å²) in [6.45, 7) is 4.61.